The van der Waals surface area contributed by atoms with Crippen molar-refractivity contribution in [2.24, 2.45) is 0 Å². The highest BCUT2D eigenvalue weighted by atomic mass is 32.2. The molecule has 0 aliphatic rings. The number of methoxy groups -OCH3 is 2. The van der Waals surface area contributed by atoms with Gasteiger partial charge in [0.15, 0.2) is 23.1 Å². The van der Waals surface area contributed by atoms with Gasteiger partial charge in [-0.15, -0.1) is 0 Å². The molecule has 13 heteroatoms. The van der Waals surface area contributed by atoms with Gasteiger partial charge < -0.3 is 23.5 Å². The number of carbonyl (C=O) groups is 1. The van der Waals surface area contributed by atoms with Gasteiger partial charge in [-0.3, -0.25) is 4.21 Å². The van der Waals surface area contributed by atoms with Crippen molar-refractivity contribution in [2.75, 3.05) is 18.5 Å². The monoisotopic (exact) mass is 592 g/mol. The van der Waals surface area contributed by atoms with Crippen LogP contribution in [0.5, 0.6) is 23.1 Å². The molecule has 42 heavy (non-hydrogen) atoms. The van der Waals surface area contributed by atoms with Gasteiger partial charge in [0.2, 0.25) is 5.75 Å². The molecular weight excluding hydrogens is 562 g/mol. The summed E-state index contributed by atoms with van der Waals surface area (Å²) in [6, 6.07) is 13.2. The van der Waals surface area contributed by atoms with Gasteiger partial charge in [-0.05, 0) is 55.7 Å². The Balaban J connectivity index is 1.94. The van der Waals surface area contributed by atoms with E-state index in [1.165, 1.54) is 26.5 Å². The van der Waals surface area contributed by atoms with Crippen LogP contribution in [0.3, 0.4) is 0 Å². The minimum absolute atomic E-state index is 0.0230. The highest BCUT2D eigenvalue weighted by Gasteiger charge is 2.27. The number of benzene rings is 1. The molecule has 220 valence electrons. The molecule has 4 aromatic rings. The summed E-state index contributed by atoms with van der Waals surface area (Å²) in [6.45, 7) is 7.45. The number of pyridine rings is 2. The van der Waals surface area contributed by atoms with Gasteiger partial charge in [-0.25, -0.2) is 24.1 Å². The van der Waals surface area contributed by atoms with E-state index in [4.69, 9.17) is 18.9 Å². The fourth-order valence-corrected chi connectivity index (χ4v) is 4.32. The highest BCUT2D eigenvalue weighted by molar-refractivity contribution is 7.81. The summed E-state index contributed by atoms with van der Waals surface area (Å²) in [5.41, 5.74) is 1.29. The minimum atomic E-state index is -2.91. The fraction of sp³-hybridized carbons (Fsp3) is 0.276. The van der Waals surface area contributed by atoms with E-state index in [-0.39, 0.29) is 52.6 Å². The van der Waals surface area contributed by atoms with E-state index in [1.54, 1.807) is 62.5 Å². The summed E-state index contributed by atoms with van der Waals surface area (Å²) in [7, 11) is 2.83. The van der Waals surface area contributed by atoms with Gasteiger partial charge in [0, 0.05) is 18.0 Å². The van der Waals surface area contributed by atoms with E-state index in [1.807, 2.05) is 13.8 Å². The molecule has 0 bridgehead atoms. The maximum Gasteiger partial charge on any atom is 0.357 e. The van der Waals surface area contributed by atoms with Crippen molar-refractivity contribution in [3.8, 4) is 34.5 Å². The Morgan fingerprint density at radius 2 is 1.69 bits per heavy atom. The Morgan fingerprint density at radius 1 is 0.952 bits per heavy atom. The van der Waals surface area contributed by atoms with Crippen LogP contribution in [-0.4, -0.2) is 55.0 Å². The van der Waals surface area contributed by atoms with E-state index >= 15 is 0 Å². The molecule has 0 saturated carbocycles. The topological polar surface area (TPSA) is 149 Å². The molecule has 1 atom stereocenters. The summed E-state index contributed by atoms with van der Waals surface area (Å²) < 4.78 is 48.8. The van der Waals surface area contributed by atoms with Gasteiger partial charge in [0.25, 0.3) is 5.88 Å². The number of nitrogens with zero attached hydrogens (tertiary/aromatic N) is 5. The number of ether oxygens (including phenoxy) is 4. The van der Waals surface area contributed by atoms with Gasteiger partial charge in [-0.1, -0.05) is 32.0 Å². The maximum absolute atomic E-state index is 12.8. The molecule has 0 aliphatic carbocycles. The average Bonchev–Trinajstić information content (AvgIpc) is 2.98. The molecule has 3 aromatic heterocycles. The van der Waals surface area contributed by atoms with Crippen molar-refractivity contribution < 1.29 is 32.5 Å². The molecule has 0 radical (unpaired) electrons. The van der Waals surface area contributed by atoms with Crippen LogP contribution in [0.2, 0.25) is 0 Å². The lowest BCUT2D eigenvalue weighted by molar-refractivity contribution is 0.0371. The van der Waals surface area contributed by atoms with Crippen LogP contribution >= 0.6 is 0 Å². The molecule has 0 fully saturated rings. The standard InChI is InChI=1S/C29H31N5O7S/c1-17(2)20-11-12-24(31-16-20)34(42(36)37)27-25(41-23-10-8-7-9-22(23)38-5)28(39-6)33-26(32-27)19-13-14-30-21(15-19)29(35)40-18(3)4/h7-18H,1-6H3,(H,36,37)/p-1. The third-order valence-electron chi connectivity index (χ3n) is 5.85. The second-order valence-electron chi connectivity index (χ2n) is 9.46. The Labute approximate surface area is 246 Å². The number of aromatic nitrogens is 4. The van der Waals surface area contributed by atoms with E-state index < -0.39 is 17.2 Å². The van der Waals surface area contributed by atoms with Crippen LogP contribution < -0.4 is 18.5 Å². The maximum atomic E-state index is 12.8. The second-order valence-corrected chi connectivity index (χ2v) is 10.3. The predicted molar refractivity (Wildman–Crippen MR) is 155 cm³/mol. The molecule has 0 aliphatic heterocycles. The van der Waals surface area contributed by atoms with E-state index in [9.17, 15) is 13.6 Å². The van der Waals surface area contributed by atoms with Crippen molar-refractivity contribution in [3.63, 3.8) is 0 Å². The lowest BCUT2D eigenvalue weighted by Gasteiger charge is -2.27. The highest BCUT2D eigenvalue weighted by Crippen LogP contribution is 2.44. The molecular formula is C29H30N5O7S-. The zero-order valence-corrected chi connectivity index (χ0v) is 24.7. The predicted octanol–water partition coefficient (Wildman–Crippen LogP) is 5.36. The quantitative estimate of drug-likeness (QED) is 0.163. The smallest absolute Gasteiger partial charge is 0.357 e. The summed E-state index contributed by atoms with van der Waals surface area (Å²) >= 11 is -2.91. The van der Waals surface area contributed by atoms with E-state index in [0.29, 0.717) is 11.3 Å². The second kappa shape index (κ2) is 13.4. The summed E-state index contributed by atoms with van der Waals surface area (Å²) in [5, 5.41) is 0. The zero-order chi connectivity index (χ0) is 30.4. The molecule has 0 spiro atoms. The summed E-state index contributed by atoms with van der Waals surface area (Å²) in [5.74, 6) is -0.113. The summed E-state index contributed by atoms with van der Waals surface area (Å²) in [4.78, 5) is 30.1. The molecule has 0 saturated heterocycles. The number of hydrogen-bond acceptors (Lipinski definition) is 11. The van der Waals surface area contributed by atoms with Crippen molar-refractivity contribution in [3.05, 3.63) is 72.2 Å². The first-order valence-electron chi connectivity index (χ1n) is 12.9. The van der Waals surface area contributed by atoms with Crippen molar-refractivity contribution >= 4 is 28.9 Å². The number of anilines is 2. The summed E-state index contributed by atoms with van der Waals surface area (Å²) in [6.07, 6.45) is 2.64. The lowest BCUT2D eigenvalue weighted by atomic mass is 10.1. The Morgan fingerprint density at radius 3 is 2.29 bits per heavy atom. The van der Waals surface area contributed by atoms with Crippen LogP contribution in [0.15, 0.2) is 60.9 Å². The van der Waals surface area contributed by atoms with Gasteiger partial charge in [0.1, 0.15) is 11.5 Å². The van der Waals surface area contributed by atoms with Crippen LogP contribution in [0, 0.1) is 0 Å². The first-order chi connectivity index (χ1) is 20.1. The van der Waals surface area contributed by atoms with Crippen molar-refractivity contribution in [1.82, 2.24) is 19.9 Å². The van der Waals surface area contributed by atoms with Gasteiger partial charge in [0.05, 0.1) is 31.6 Å². The Kier molecular flexibility index (Phi) is 9.65. The molecule has 4 rings (SSSR count). The third kappa shape index (κ3) is 6.81. The number of carbonyl (C=O) groups excluding carboxylic acids is 1. The molecule has 3 heterocycles. The van der Waals surface area contributed by atoms with Crippen molar-refractivity contribution in [2.45, 2.75) is 39.7 Å². The Hall–Kier alpha value is -4.62. The van der Waals surface area contributed by atoms with Crippen LogP contribution in [0.25, 0.3) is 11.4 Å². The molecule has 0 N–H and O–H groups in total. The first kappa shape index (κ1) is 30.3. The lowest BCUT2D eigenvalue weighted by Crippen LogP contribution is -2.23. The average molecular weight is 593 g/mol. The van der Waals surface area contributed by atoms with E-state index in [0.717, 1.165) is 9.87 Å². The number of para-hydroxylation sites is 2. The van der Waals surface area contributed by atoms with E-state index in [2.05, 4.69) is 19.9 Å². The largest absolute Gasteiger partial charge is 0.755 e. The normalized spacial score (nSPS) is 11.7. The third-order valence-corrected chi connectivity index (χ3v) is 6.51. The molecule has 1 unspecified atom stereocenters. The zero-order valence-electron chi connectivity index (χ0n) is 23.9. The van der Waals surface area contributed by atoms with Crippen LogP contribution in [0.1, 0.15) is 49.7 Å². The number of esters is 1. The molecule has 12 nitrogen and oxygen atoms in total. The van der Waals surface area contributed by atoms with Crippen LogP contribution in [0.4, 0.5) is 11.6 Å². The minimum Gasteiger partial charge on any atom is -0.755 e. The fourth-order valence-electron chi connectivity index (χ4n) is 3.80. The molecule has 1 aromatic carbocycles. The number of rotatable bonds is 11. The number of hydrogen-bond donors (Lipinski definition) is 0. The van der Waals surface area contributed by atoms with Crippen LogP contribution in [-0.2, 0) is 16.0 Å². The SMILES string of the molecule is COc1ccccc1Oc1c(OC)nc(-c2ccnc(C(=O)OC(C)C)c2)nc1N(c1ccc(C(C)C)cn1)S(=O)[O-]. The first-order valence-corrected chi connectivity index (χ1v) is 14.0. The van der Waals surface area contributed by atoms with Gasteiger partial charge >= 0.3 is 5.97 Å². The van der Waals surface area contributed by atoms with Gasteiger partial charge in [-0.2, -0.15) is 4.98 Å². The Bertz CT molecular complexity index is 1580. The molecule has 0 amide bonds. The van der Waals surface area contributed by atoms with Crippen molar-refractivity contribution in [1.29, 1.82) is 0 Å².